The van der Waals surface area contributed by atoms with Crippen LogP contribution in [-0.2, 0) is 62.5 Å². The van der Waals surface area contributed by atoms with Crippen molar-refractivity contribution in [1.82, 2.24) is 14.7 Å². The molecule has 600 valence electrons. The van der Waals surface area contributed by atoms with E-state index in [9.17, 15) is 34.8 Å². The van der Waals surface area contributed by atoms with Crippen molar-refractivity contribution in [3.05, 3.63) is 234 Å². The summed E-state index contributed by atoms with van der Waals surface area (Å²) in [6.45, 7) is -41.4. The number of aliphatic hydroxyl groups is 2. The first-order valence-corrected chi connectivity index (χ1v) is 37.7. The summed E-state index contributed by atoms with van der Waals surface area (Å²) in [5.74, 6) is -0.923. The van der Waals surface area contributed by atoms with Crippen LogP contribution in [0.15, 0.2) is 244 Å². The van der Waals surface area contributed by atoms with Crippen molar-refractivity contribution in [3.8, 4) is 17.2 Å². The van der Waals surface area contributed by atoms with Crippen LogP contribution >= 0.6 is 35.3 Å². The summed E-state index contributed by atoms with van der Waals surface area (Å²) in [5, 5.41) is 26.6. The zero-order chi connectivity index (χ0) is 123. The Morgan fingerprint density at radius 3 is 1.01 bits per heavy atom. The van der Waals surface area contributed by atoms with Gasteiger partial charge in [-0.1, -0.05) is 151 Å². The minimum absolute atomic E-state index is 0.0190. The van der Waals surface area contributed by atoms with Crippen LogP contribution in [0.5, 0.6) is 17.2 Å². The Hall–Kier alpha value is -7.71. The lowest BCUT2D eigenvalue weighted by Crippen LogP contribution is -2.12. The number of anilines is 3. The smallest absolute Gasteiger partial charge is 0.296 e. The second kappa shape index (κ2) is 51.0. The number of ether oxygens (including phenoxy) is 2. The van der Waals surface area contributed by atoms with Crippen LogP contribution < -0.4 is 26.7 Å². The Kier molecular flexibility index (Phi) is 20.7. The van der Waals surface area contributed by atoms with Crippen molar-refractivity contribution in [3.63, 3.8) is 0 Å². The zero-order valence-corrected chi connectivity index (χ0v) is 63.8. The van der Waals surface area contributed by atoms with Crippen LogP contribution in [0.2, 0.25) is 0 Å². The molecule has 0 unspecified atom stereocenters. The minimum atomic E-state index is -4.90. The topological polar surface area (TPSA) is 297 Å². The van der Waals surface area contributed by atoms with Crippen molar-refractivity contribution < 1.29 is 133 Å². The van der Waals surface area contributed by atoms with Crippen LogP contribution in [0.25, 0.3) is 0 Å². The molecule has 27 heteroatoms. The summed E-state index contributed by atoms with van der Waals surface area (Å²) in [5.41, 5.74) is 22.0. The molecule has 0 saturated carbocycles. The van der Waals surface area contributed by atoms with Gasteiger partial charge in [0, 0.05) is 136 Å². The molecule has 0 heterocycles. The Labute approximate surface area is 733 Å². The second-order valence-corrected chi connectivity index (χ2v) is 29.1. The fourth-order valence-corrected chi connectivity index (χ4v) is 12.9. The maximum absolute atomic E-state index is 13.7. The summed E-state index contributed by atoms with van der Waals surface area (Å²) >= 11 is 3.42. The molecule has 0 saturated heterocycles. The quantitative estimate of drug-likeness (QED) is 0.0159. The van der Waals surface area contributed by atoms with Gasteiger partial charge in [-0.05, 0) is 226 Å². The third kappa shape index (κ3) is 36.6. The first-order chi connectivity index (χ1) is 70.4. The third-order valence-corrected chi connectivity index (χ3v) is 20.0. The van der Waals surface area contributed by atoms with E-state index in [0.717, 1.165) is 77.7 Å². The van der Waals surface area contributed by atoms with E-state index in [0.29, 0.717) is 57.6 Å². The van der Waals surface area contributed by atoms with Crippen molar-refractivity contribution in [1.29, 1.82) is 0 Å². The number of benzene rings is 9. The van der Waals surface area contributed by atoms with E-state index in [-0.39, 0.29) is 43.0 Å². The third-order valence-electron chi connectivity index (χ3n) is 12.9. The van der Waals surface area contributed by atoms with E-state index >= 15 is 0 Å². The molecule has 0 fully saturated rings. The molecular weight excluding hydrogens is 1520 g/mol. The van der Waals surface area contributed by atoms with E-state index in [4.69, 9.17) is 103 Å². The predicted octanol–water partition coefficient (Wildman–Crippen LogP) is 16.7. The fourth-order valence-electron chi connectivity index (χ4n) is 7.88. The number of nitrogens with zero attached hydrogens (tertiary/aromatic N) is 3. The van der Waals surface area contributed by atoms with Crippen LogP contribution in [0, 0.1) is 20.8 Å². The largest absolute Gasteiger partial charge is 0.508 e. The molecule has 0 radical (unpaired) electrons. The van der Waals surface area contributed by atoms with Gasteiger partial charge in [0.2, 0.25) is 0 Å². The van der Waals surface area contributed by atoms with Crippen LogP contribution in [0.3, 0.4) is 0 Å². The number of hydrogen-bond donors (Lipinski definition) is 6. The van der Waals surface area contributed by atoms with Gasteiger partial charge in [-0.2, -0.15) is 25.3 Å². The summed E-state index contributed by atoms with van der Waals surface area (Å²) in [6, 6.07) is 48.0. The van der Waals surface area contributed by atoms with Gasteiger partial charge in [0.05, 0.1) is 76.0 Å². The summed E-state index contributed by atoms with van der Waals surface area (Å²) in [6.07, 6.45) is -22.5. The second-order valence-electron chi connectivity index (χ2n) is 21.2. The molecule has 0 amide bonds. The molecule has 9 rings (SSSR count). The standard InChI is InChI=1S/C25H30N2O4S2.C18H23FN2OS.C15H18N2OS.2C11H16O3S.C3H8O2/c1-19-9-12-22(13-10-19)33(28,29)31-16-6-15-30-21-11-14-24(20(17-21)18-27(2)3)32-25-8-5-4-7-23(25)26;1-21(2)13-14-12-15(22-11-5-10-19)8-9-17(14)23-18-7-4-3-6-16(18)20;1-17(2)10-11-9-12(18)7-8-14(11)19-15-6-4-3-5-13(15)16;2*1-3-4-9-14-15(12,13)11-7-5-10(2)6-8-11;4-2-1-3-5/h4-5,7-14,17H,6,15-16,18,26H2,1-3H3;3-4,6-9,12H,5,10-11,13,20H2,1-2H3;3-9,18H,10,16H2,1-2H3;2*5-8H,3-4,9H2,1-2H3;4-5H,1-3H2/i2D3,3D3,6D2,15D2,16D2;1D3,2D3,5D2,10D2,11D2;1D3,2D3;2*3D2,4D2,9D2;1D2,2D2,3D2. The lowest BCUT2D eigenvalue weighted by molar-refractivity contribution is 0.221. The first kappa shape index (κ1) is 44.7. The highest BCUT2D eigenvalue weighted by molar-refractivity contribution is 8.00. The number of rotatable bonds is 35. The summed E-state index contributed by atoms with van der Waals surface area (Å²) < 4.78 is 469. The predicted molar refractivity (Wildman–Crippen MR) is 446 cm³/mol. The highest BCUT2D eigenvalue weighted by Gasteiger charge is 2.18. The van der Waals surface area contributed by atoms with Crippen molar-refractivity contribution in [2.24, 2.45) is 0 Å². The number of nitrogen functional groups attached to an aromatic ring is 3. The lowest BCUT2D eigenvalue weighted by Gasteiger charge is -2.16. The number of nitrogens with two attached hydrogens (primary N) is 3. The number of halogens is 1. The maximum Gasteiger partial charge on any atom is 0.296 e. The molecule has 0 aliphatic heterocycles. The fraction of sp³-hybridized carbons (Fsp3) is 0.349. The molecule has 0 spiro atoms. The number of phenolic OH excluding ortho intramolecular Hbond substituents is 1. The monoisotopic (exact) mass is 1670 g/mol. The molecule has 9 N–H and O–H groups in total. The molecule has 20 nitrogen and oxygen atoms in total. The number of aryl methyl sites for hydroxylation is 3. The summed E-state index contributed by atoms with van der Waals surface area (Å²) in [7, 11) is -14.0. The Balaban J connectivity index is 0.000000412. The normalized spacial score (nSPS) is 20.3. The number of aromatic hydroxyl groups is 1. The van der Waals surface area contributed by atoms with Gasteiger partial charge in [0.1, 0.15) is 17.2 Å². The molecular formula is C83H111FN6O14S6. The van der Waals surface area contributed by atoms with Crippen LogP contribution in [0.1, 0.15) is 158 Å². The number of alkyl halides is 1. The number of hydrogen-bond acceptors (Lipinski definition) is 23. The Morgan fingerprint density at radius 2 is 0.709 bits per heavy atom. The van der Waals surface area contributed by atoms with Gasteiger partial charge in [0.25, 0.3) is 30.4 Å². The first-order valence-electron chi connectivity index (χ1n) is 55.0. The van der Waals surface area contributed by atoms with Crippen molar-refractivity contribution in [2.75, 3.05) is 112 Å². The Bertz CT molecular complexity index is 6510. The highest BCUT2D eigenvalue weighted by Crippen LogP contribution is 2.39. The maximum atomic E-state index is 13.7. The van der Waals surface area contributed by atoms with E-state index in [2.05, 4.69) is 12.5 Å². The molecule has 9 aromatic rings. The molecule has 9 aromatic carbocycles. The van der Waals surface area contributed by atoms with Crippen molar-refractivity contribution >= 4 is 82.7 Å². The Morgan fingerprint density at radius 1 is 0.400 bits per heavy atom. The average molecular weight is 1680 g/mol. The van der Waals surface area contributed by atoms with E-state index in [1.54, 1.807) is 87.5 Å². The van der Waals surface area contributed by atoms with E-state index in [1.165, 1.54) is 109 Å². The number of phenols is 1. The summed E-state index contributed by atoms with van der Waals surface area (Å²) in [4.78, 5) is 2.96. The average Bonchev–Trinajstić information content (AvgIpc) is 0.755. The molecule has 0 atom stereocenters. The van der Waals surface area contributed by atoms with Gasteiger partial charge in [-0.3, -0.25) is 16.9 Å². The minimum Gasteiger partial charge on any atom is -0.508 e. The van der Waals surface area contributed by atoms with Crippen molar-refractivity contribution in [2.45, 2.75) is 143 Å². The SMILES string of the molecule is [2H]C([2H])(C)C([2H])([2H])C([2H])([2H])OS(=O)(=O)c1ccc(C)cc1.[2H]C([2H])(C)C([2H])([2H])C([2H])([2H])OS(=O)(=O)c1ccc(C)cc1.[2H]C([2H])(O)C([2H])([2H])C([2H])([2H])O.[2H]C([2H])([2H])N(Cc1cc(O)ccc1Sc1ccccc1N)C([2H])([2H])[2H].[2H]C([2H])([2H])N(Cc1cc(OC([2H])([2H])C([2H])([2H])C([2H])([2H])F)ccc1Sc1ccccc1N)C([2H])([2H])[2H].[2H]C([2H])([2H])N(Cc1cc(OC([2H])([2H])C([2H])([2H])C([2H])([2H])OS(=O)(=O)c2ccc(C)cc2)ccc1Sc1ccccc1N)C([2H])([2H])[2H]. The van der Waals surface area contributed by atoms with Gasteiger partial charge in [-0.15, -0.1) is 0 Å². The molecule has 0 aliphatic rings. The van der Waals surface area contributed by atoms with E-state index < -0.39 is 199 Å². The zero-order valence-electron chi connectivity index (χ0n) is 107. The molecule has 0 bridgehead atoms. The highest BCUT2D eigenvalue weighted by atomic mass is 32.2. The molecule has 110 heavy (non-hydrogen) atoms. The number of para-hydroxylation sites is 3. The van der Waals surface area contributed by atoms with Crippen LogP contribution in [0.4, 0.5) is 21.5 Å². The molecule has 0 aliphatic carbocycles. The lowest BCUT2D eigenvalue weighted by atomic mass is 10.2. The van der Waals surface area contributed by atoms with Gasteiger partial charge in [-0.25, -0.2) is 0 Å². The van der Waals surface area contributed by atoms with Gasteiger partial charge < -0.3 is 56.7 Å². The molecule has 0 aromatic heterocycles. The van der Waals surface area contributed by atoms with E-state index in [1.807, 2.05) is 12.1 Å². The van der Waals surface area contributed by atoms with Gasteiger partial charge in [0.15, 0.2) is 0 Å². The van der Waals surface area contributed by atoms with Gasteiger partial charge >= 0.3 is 0 Å². The van der Waals surface area contributed by atoms with Crippen LogP contribution in [-0.4, -0.2) is 150 Å².